The molecule has 0 saturated heterocycles. The average Bonchev–Trinajstić information content (AvgIpc) is 3.16. The highest BCUT2D eigenvalue weighted by Gasteiger charge is 2.25. The Morgan fingerprint density at radius 1 is 1.20 bits per heavy atom. The van der Waals surface area contributed by atoms with E-state index in [1.807, 2.05) is 42.5 Å². The first-order valence-electron chi connectivity index (χ1n) is 8.57. The number of hydrogen-bond acceptors (Lipinski definition) is 5. The maximum absolute atomic E-state index is 6.08. The lowest BCUT2D eigenvalue weighted by molar-refractivity contribution is 0.0517. The van der Waals surface area contributed by atoms with Crippen molar-refractivity contribution in [2.75, 3.05) is 7.11 Å². The number of nitrogens with zero attached hydrogens (tertiary/aromatic N) is 1. The molecule has 132 valence electrons. The molecule has 1 N–H and O–H groups in total. The van der Waals surface area contributed by atoms with Crippen molar-refractivity contribution in [2.45, 2.75) is 38.7 Å². The summed E-state index contributed by atoms with van der Waals surface area (Å²) in [5, 5.41) is 3.42. The second-order valence-electron chi connectivity index (χ2n) is 5.92. The summed E-state index contributed by atoms with van der Waals surface area (Å²) in [5.41, 5.74) is 2.94. The van der Waals surface area contributed by atoms with Gasteiger partial charge in [-0.1, -0.05) is 19.4 Å². The third-order valence-electron chi connectivity index (χ3n) is 4.10. The van der Waals surface area contributed by atoms with Gasteiger partial charge in [-0.05, 0) is 42.8 Å². The van der Waals surface area contributed by atoms with Crippen molar-refractivity contribution >= 4 is 0 Å². The van der Waals surface area contributed by atoms with Crippen molar-refractivity contribution in [1.82, 2.24) is 10.3 Å². The molecule has 0 saturated carbocycles. The molecule has 5 heteroatoms. The van der Waals surface area contributed by atoms with Crippen molar-refractivity contribution in [1.29, 1.82) is 0 Å². The smallest absolute Gasteiger partial charge is 0.195 e. The van der Waals surface area contributed by atoms with Crippen LogP contribution in [0.3, 0.4) is 0 Å². The second-order valence-corrected chi connectivity index (χ2v) is 5.92. The maximum Gasteiger partial charge on any atom is 0.195 e. The monoisotopic (exact) mass is 340 g/mol. The van der Waals surface area contributed by atoms with Gasteiger partial charge in [0, 0.05) is 11.8 Å². The SMILES string of the molecule is CCCC(OCc1ccccn1)C1=COC(c2ccc(OC)cc2)N1. The van der Waals surface area contributed by atoms with Crippen LogP contribution in [0.2, 0.25) is 0 Å². The molecule has 0 bridgehead atoms. The van der Waals surface area contributed by atoms with Crippen LogP contribution in [-0.2, 0) is 16.1 Å². The standard InChI is InChI=1S/C20H24N2O3/c1-3-6-19(24-13-16-7-4-5-12-21-16)18-14-25-20(22-18)15-8-10-17(23-2)11-9-15/h4-5,7-12,14,19-20,22H,3,6,13H2,1-2H3. The van der Waals surface area contributed by atoms with Gasteiger partial charge in [0.25, 0.3) is 0 Å². The van der Waals surface area contributed by atoms with E-state index in [1.165, 1.54) is 0 Å². The van der Waals surface area contributed by atoms with Crippen molar-refractivity contribution < 1.29 is 14.2 Å². The fourth-order valence-electron chi connectivity index (χ4n) is 2.73. The molecule has 5 nitrogen and oxygen atoms in total. The van der Waals surface area contributed by atoms with Crippen molar-refractivity contribution in [3.05, 3.63) is 71.9 Å². The van der Waals surface area contributed by atoms with Gasteiger partial charge in [0.1, 0.15) is 18.1 Å². The van der Waals surface area contributed by atoms with Gasteiger partial charge in [-0.25, -0.2) is 0 Å². The average molecular weight is 340 g/mol. The van der Waals surface area contributed by atoms with E-state index in [0.29, 0.717) is 6.61 Å². The quantitative estimate of drug-likeness (QED) is 0.789. The molecule has 0 fully saturated rings. The Hall–Kier alpha value is -2.53. The molecule has 1 aromatic carbocycles. The molecule has 0 amide bonds. The first kappa shape index (κ1) is 17.3. The number of rotatable bonds is 8. The fraction of sp³-hybridized carbons (Fsp3) is 0.350. The number of ether oxygens (including phenoxy) is 3. The van der Waals surface area contributed by atoms with Crippen LogP contribution in [0.25, 0.3) is 0 Å². The highest BCUT2D eigenvalue weighted by atomic mass is 16.5. The van der Waals surface area contributed by atoms with Crippen LogP contribution in [0.15, 0.2) is 60.6 Å². The molecule has 1 aromatic heterocycles. The summed E-state index contributed by atoms with van der Waals surface area (Å²) >= 11 is 0. The minimum atomic E-state index is -0.196. The number of hydrogen-bond donors (Lipinski definition) is 1. The number of pyridine rings is 1. The summed E-state index contributed by atoms with van der Waals surface area (Å²) in [7, 11) is 1.66. The molecule has 0 radical (unpaired) electrons. The summed E-state index contributed by atoms with van der Waals surface area (Å²) < 4.78 is 17.1. The van der Waals surface area contributed by atoms with E-state index in [2.05, 4.69) is 17.2 Å². The third kappa shape index (κ3) is 4.51. The maximum atomic E-state index is 6.08. The van der Waals surface area contributed by atoms with Crippen LogP contribution in [0.5, 0.6) is 5.75 Å². The minimum Gasteiger partial charge on any atom is -0.497 e. The molecule has 2 unspecified atom stereocenters. The minimum absolute atomic E-state index is 0.0322. The van der Waals surface area contributed by atoms with Gasteiger partial charge in [-0.15, -0.1) is 0 Å². The van der Waals surface area contributed by atoms with Crippen LogP contribution in [-0.4, -0.2) is 18.2 Å². The summed E-state index contributed by atoms with van der Waals surface area (Å²) in [6, 6.07) is 13.7. The second kappa shape index (κ2) is 8.53. The molecular formula is C20H24N2O3. The van der Waals surface area contributed by atoms with Crippen LogP contribution in [0, 0.1) is 0 Å². The molecule has 25 heavy (non-hydrogen) atoms. The highest BCUT2D eigenvalue weighted by molar-refractivity contribution is 5.30. The van der Waals surface area contributed by atoms with Crippen LogP contribution >= 0.6 is 0 Å². The van der Waals surface area contributed by atoms with Crippen molar-refractivity contribution in [2.24, 2.45) is 0 Å². The summed E-state index contributed by atoms with van der Waals surface area (Å²) in [5.74, 6) is 0.831. The fourth-order valence-corrected chi connectivity index (χ4v) is 2.73. The lowest BCUT2D eigenvalue weighted by Crippen LogP contribution is -2.26. The Morgan fingerprint density at radius 3 is 2.72 bits per heavy atom. The molecule has 1 aliphatic heterocycles. The van der Waals surface area contributed by atoms with Crippen molar-refractivity contribution in [3.63, 3.8) is 0 Å². The van der Waals surface area contributed by atoms with Crippen LogP contribution < -0.4 is 10.1 Å². The van der Waals surface area contributed by atoms with Gasteiger partial charge in [-0.2, -0.15) is 0 Å². The molecule has 0 aliphatic carbocycles. The number of benzene rings is 1. The highest BCUT2D eigenvalue weighted by Crippen LogP contribution is 2.27. The van der Waals surface area contributed by atoms with Gasteiger partial charge in [0.15, 0.2) is 6.23 Å². The van der Waals surface area contributed by atoms with Gasteiger partial charge < -0.3 is 19.5 Å². The molecule has 0 spiro atoms. The lowest BCUT2D eigenvalue weighted by Gasteiger charge is -2.20. The third-order valence-corrected chi connectivity index (χ3v) is 4.10. The Bertz CT molecular complexity index is 686. The number of methoxy groups -OCH3 is 1. The number of aromatic nitrogens is 1. The van der Waals surface area contributed by atoms with Gasteiger partial charge >= 0.3 is 0 Å². The largest absolute Gasteiger partial charge is 0.497 e. The predicted octanol–water partition coefficient (Wildman–Crippen LogP) is 3.94. The first-order chi connectivity index (χ1) is 12.3. The molecular weight excluding hydrogens is 316 g/mol. The van der Waals surface area contributed by atoms with E-state index in [1.54, 1.807) is 19.6 Å². The molecule has 1 aliphatic rings. The van der Waals surface area contributed by atoms with E-state index < -0.39 is 0 Å². The molecule has 2 atom stereocenters. The van der Waals surface area contributed by atoms with Crippen molar-refractivity contribution in [3.8, 4) is 5.75 Å². The lowest BCUT2D eigenvalue weighted by atomic mass is 10.1. The zero-order chi connectivity index (χ0) is 17.5. The topological polar surface area (TPSA) is 52.6 Å². The number of nitrogens with one attached hydrogen (secondary N) is 1. The Labute approximate surface area is 148 Å². The zero-order valence-corrected chi connectivity index (χ0v) is 14.6. The molecule has 2 heterocycles. The molecule has 3 rings (SSSR count). The Kier molecular flexibility index (Phi) is 5.90. The van der Waals surface area contributed by atoms with Gasteiger partial charge in [-0.3, -0.25) is 4.98 Å². The predicted molar refractivity (Wildman–Crippen MR) is 95.8 cm³/mol. The Balaban J connectivity index is 1.60. The Morgan fingerprint density at radius 2 is 2.04 bits per heavy atom. The van der Waals surface area contributed by atoms with E-state index in [0.717, 1.165) is 35.5 Å². The van der Waals surface area contributed by atoms with E-state index in [-0.39, 0.29) is 12.3 Å². The van der Waals surface area contributed by atoms with E-state index in [4.69, 9.17) is 14.2 Å². The zero-order valence-electron chi connectivity index (χ0n) is 14.6. The molecule has 2 aromatic rings. The van der Waals surface area contributed by atoms with E-state index >= 15 is 0 Å². The van der Waals surface area contributed by atoms with Gasteiger partial charge in [0.05, 0.1) is 25.1 Å². The first-order valence-corrected chi connectivity index (χ1v) is 8.57. The van der Waals surface area contributed by atoms with E-state index in [9.17, 15) is 0 Å². The summed E-state index contributed by atoms with van der Waals surface area (Å²) in [6.07, 6.45) is 5.27. The summed E-state index contributed by atoms with van der Waals surface area (Å²) in [6.45, 7) is 2.63. The normalized spacial score (nSPS) is 17.4. The van der Waals surface area contributed by atoms with Crippen LogP contribution in [0.1, 0.15) is 37.3 Å². The van der Waals surface area contributed by atoms with Crippen LogP contribution in [0.4, 0.5) is 0 Å². The van der Waals surface area contributed by atoms with Gasteiger partial charge in [0.2, 0.25) is 0 Å². The summed E-state index contributed by atoms with van der Waals surface area (Å²) in [4.78, 5) is 4.31.